The molecular weight excluding hydrogens is 172 g/mol. The lowest BCUT2D eigenvalue weighted by Gasteiger charge is -2.12. The molecule has 1 nitrogen and oxygen atoms in total. The number of carbonyl (C=O) groups is 1. The molecule has 0 fully saturated rings. The predicted molar refractivity (Wildman–Crippen MR) is 59.3 cm³/mol. The lowest BCUT2D eigenvalue weighted by Crippen LogP contribution is -1.94. The third-order valence-corrected chi connectivity index (χ3v) is 2.40. The molecule has 1 aromatic rings. The third kappa shape index (κ3) is 3.17. The summed E-state index contributed by atoms with van der Waals surface area (Å²) >= 11 is 0. The van der Waals surface area contributed by atoms with Crippen molar-refractivity contribution in [2.75, 3.05) is 0 Å². The lowest BCUT2D eigenvalue weighted by atomic mass is 9.93. The number of rotatable bonds is 5. The number of benzene rings is 1. The highest BCUT2D eigenvalue weighted by Gasteiger charge is 2.05. The second-order valence-electron chi connectivity index (χ2n) is 3.32. The Balaban J connectivity index is 2.63. The van der Waals surface area contributed by atoms with Crippen LogP contribution in [0, 0.1) is 0 Å². The highest BCUT2D eigenvalue weighted by molar-refractivity contribution is 5.64. The Kier molecular flexibility index (Phi) is 4.70. The Morgan fingerprint density at radius 1 is 1.29 bits per heavy atom. The van der Waals surface area contributed by atoms with Crippen molar-refractivity contribution in [1.82, 2.24) is 0 Å². The van der Waals surface area contributed by atoms with E-state index in [1.807, 2.05) is 12.1 Å². The maximum atomic E-state index is 10.1. The molecule has 74 valence electrons. The molecule has 1 unspecified atom stereocenters. The van der Waals surface area contributed by atoms with Gasteiger partial charge in [-0.05, 0) is 30.4 Å². The highest BCUT2D eigenvalue weighted by atomic mass is 16.1. The molecule has 0 saturated carbocycles. The van der Waals surface area contributed by atoms with Gasteiger partial charge >= 0.3 is 0 Å². The zero-order chi connectivity index (χ0) is 10.2. The van der Waals surface area contributed by atoms with Gasteiger partial charge in [0.05, 0.1) is 0 Å². The second kappa shape index (κ2) is 6.14. The topological polar surface area (TPSA) is 17.1 Å². The molecule has 0 heterocycles. The van der Waals surface area contributed by atoms with E-state index in [1.54, 1.807) is 6.08 Å². The molecular formula is C13H16O. The van der Waals surface area contributed by atoms with Crippen LogP contribution in [0.15, 0.2) is 42.5 Å². The van der Waals surface area contributed by atoms with E-state index >= 15 is 0 Å². The maximum absolute atomic E-state index is 10.1. The van der Waals surface area contributed by atoms with Crippen LogP contribution in [0.4, 0.5) is 0 Å². The standard InChI is InChI=1S/C13H16O/c1-2-12(8-6-7-11-14)13-9-4-3-5-10-13/h3-7,9-12H,2,8H2,1H3/b7-6+. The molecule has 1 atom stereocenters. The Hall–Kier alpha value is -1.37. The van der Waals surface area contributed by atoms with Crippen LogP contribution in [0.3, 0.4) is 0 Å². The molecule has 0 N–H and O–H groups in total. The molecule has 0 bridgehead atoms. The summed E-state index contributed by atoms with van der Waals surface area (Å²) in [5.41, 5.74) is 1.35. The van der Waals surface area contributed by atoms with Crippen LogP contribution in [0.1, 0.15) is 31.2 Å². The summed E-state index contributed by atoms with van der Waals surface area (Å²) in [7, 11) is 0. The summed E-state index contributed by atoms with van der Waals surface area (Å²) in [6.45, 7) is 2.17. The van der Waals surface area contributed by atoms with Crippen LogP contribution in [0.25, 0.3) is 0 Å². The number of carbonyl (C=O) groups excluding carboxylic acids is 1. The van der Waals surface area contributed by atoms with Crippen molar-refractivity contribution in [3.63, 3.8) is 0 Å². The van der Waals surface area contributed by atoms with Crippen LogP contribution < -0.4 is 0 Å². The van der Waals surface area contributed by atoms with Crippen LogP contribution in [0.2, 0.25) is 0 Å². The fourth-order valence-corrected chi connectivity index (χ4v) is 1.56. The molecule has 0 radical (unpaired) electrons. The summed E-state index contributed by atoms with van der Waals surface area (Å²) in [5.74, 6) is 0.535. The van der Waals surface area contributed by atoms with Crippen molar-refractivity contribution < 1.29 is 4.79 Å². The minimum atomic E-state index is 0.535. The third-order valence-electron chi connectivity index (χ3n) is 2.40. The average molecular weight is 188 g/mol. The van der Waals surface area contributed by atoms with Crippen molar-refractivity contribution in [1.29, 1.82) is 0 Å². The fraction of sp³-hybridized carbons (Fsp3) is 0.308. The first-order valence-electron chi connectivity index (χ1n) is 5.03. The minimum Gasteiger partial charge on any atom is -0.299 e. The lowest BCUT2D eigenvalue weighted by molar-refractivity contribution is -0.104. The Labute approximate surface area is 85.5 Å². The Morgan fingerprint density at radius 3 is 2.57 bits per heavy atom. The van der Waals surface area contributed by atoms with Crippen LogP contribution in [-0.2, 0) is 4.79 Å². The van der Waals surface area contributed by atoms with Crippen LogP contribution in [0.5, 0.6) is 0 Å². The predicted octanol–water partition coefficient (Wildman–Crippen LogP) is 3.33. The van der Waals surface area contributed by atoms with Gasteiger partial charge in [0.15, 0.2) is 0 Å². The van der Waals surface area contributed by atoms with Gasteiger partial charge in [-0.3, -0.25) is 4.79 Å². The molecule has 1 heteroatoms. The molecule has 0 aliphatic carbocycles. The minimum absolute atomic E-state index is 0.535. The van der Waals surface area contributed by atoms with E-state index in [0.717, 1.165) is 19.1 Å². The zero-order valence-corrected chi connectivity index (χ0v) is 8.52. The van der Waals surface area contributed by atoms with Gasteiger partial charge < -0.3 is 0 Å². The van der Waals surface area contributed by atoms with Gasteiger partial charge in [0.1, 0.15) is 6.29 Å². The molecule has 1 aromatic carbocycles. The van der Waals surface area contributed by atoms with E-state index in [9.17, 15) is 4.79 Å². The summed E-state index contributed by atoms with van der Waals surface area (Å²) in [6, 6.07) is 10.4. The number of allylic oxidation sites excluding steroid dienone is 2. The summed E-state index contributed by atoms with van der Waals surface area (Å²) in [4.78, 5) is 10.1. The second-order valence-corrected chi connectivity index (χ2v) is 3.32. The largest absolute Gasteiger partial charge is 0.299 e. The number of hydrogen-bond acceptors (Lipinski definition) is 1. The molecule has 14 heavy (non-hydrogen) atoms. The van der Waals surface area contributed by atoms with E-state index < -0.39 is 0 Å². The molecule has 0 saturated heterocycles. The van der Waals surface area contributed by atoms with E-state index in [4.69, 9.17) is 0 Å². The van der Waals surface area contributed by atoms with Gasteiger partial charge in [-0.1, -0.05) is 43.3 Å². The molecule has 0 aliphatic rings. The Bertz CT molecular complexity index is 287. The van der Waals surface area contributed by atoms with E-state index in [1.165, 1.54) is 5.56 Å². The van der Waals surface area contributed by atoms with E-state index in [2.05, 4.69) is 31.2 Å². The fourth-order valence-electron chi connectivity index (χ4n) is 1.56. The summed E-state index contributed by atoms with van der Waals surface area (Å²) in [5, 5.41) is 0. The van der Waals surface area contributed by atoms with E-state index in [-0.39, 0.29) is 0 Å². The highest BCUT2D eigenvalue weighted by Crippen LogP contribution is 2.22. The number of aldehydes is 1. The SMILES string of the molecule is CCC(C/C=C/C=O)c1ccccc1. The smallest absolute Gasteiger partial charge is 0.142 e. The van der Waals surface area contributed by atoms with Crippen LogP contribution >= 0.6 is 0 Å². The van der Waals surface area contributed by atoms with Gasteiger partial charge in [0.25, 0.3) is 0 Å². The first kappa shape index (κ1) is 10.7. The summed E-state index contributed by atoms with van der Waals surface area (Å²) in [6.07, 6.45) is 6.39. The molecule has 1 rings (SSSR count). The molecule has 0 amide bonds. The maximum Gasteiger partial charge on any atom is 0.142 e. The first-order valence-corrected chi connectivity index (χ1v) is 5.03. The van der Waals surface area contributed by atoms with Gasteiger partial charge in [-0.2, -0.15) is 0 Å². The van der Waals surface area contributed by atoms with E-state index in [0.29, 0.717) is 5.92 Å². The van der Waals surface area contributed by atoms with Crippen molar-refractivity contribution >= 4 is 6.29 Å². The van der Waals surface area contributed by atoms with Gasteiger partial charge in [-0.25, -0.2) is 0 Å². The summed E-state index contributed by atoms with van der Waals surface area (Å²) < 4.78 is 0. The Morgan fingerprint density at radius 2 is 2.00 bits per heavy atom. The first-order chi connectivity index (χ1) is 6.88. The van der Waals surface area contributed by atoms with Crippen molar-refractivity contribution in [2.24, 2.45) is 0 Å². The van der Waals surface area contributed by atoms with Gasteiger partial charge in [0.2, 0.25) is 0 Å². The monoisotopic (exact) mass is 188 g/mol. The van der Waals surface area contributed by atoms with Gasteiger partial charge in [0, 0.05) is 0 Å². The van der Waals surface area contributed by atoms with Crippen molar-refractivity contribution in [3.05, 3.63) is 48.0 Å². The number of hydrogen-bond donors (Lipinski definition) is 0. The van der Waals surface area contributed by atoms with Crippen molar-refractivity contribution in [2.45, 2.75) is 25.7 Å². The molecule has 0 spiro atoms. The van der Waals surface area contributed by atoms with Crippen LogP contribution in [-0.4, -0.2) is 6.29 Å². The molecule has 0 aromatic heterocycles. The van der Waals surface area contributed by atoms with Crippen molar-refractivity contribution in [3.8, 4) is 0 Å². The quantitative estimate of drug-likeness (QED) is 0.511. The zero-order valence-electron chi connectivity index (χ0n) is 8.52. The normalized spacial score (nSPS) is 12.9. The molecule has 0 aliphatic heterocycles. The van der Waals surface area contributed by atoms with Gasteiger partial charge in [-0.15, -0.1) is 0 Å². The average Bonchev–Trinajstić information content (AvgIpc) is 2.26.